The van der Waals surface area contributed by atoms with Gasteiger partial charge in [0.1, 0.15) is 5.76 Å². The molecule has 0 saturated carbocycles. The van der Waals surface area contributed by atoms with Gasteiger partial charge in [-0.3, -0.25) is 4.90 Å². The van der Waals surface area contributed by atoms with Crippen molar-refractivity contribution in [2.75, 3.05) is 33.9 Å². The summed E-state index contributed by atoms with van der Waals surface area (Å²) < 4.78 is 15.5. The molecule has 1 aromatic heterocycles. The maximum Gasteiger partial charge on any atom is 0.374 e. The lowest BCUT2D eigenvalue weighted by Gasteiger charge is -2.35. The monoisotopic (exact) mass is 297 g/mol. The van der Waals surface area contributed by atoms with Gasteiger partial charge >= 0.3 is 5.97 Å². The molecular formula is C15H23NO5. The largest absolute Gasteiger partial charge is 0.463 e. The van der Waals surface area contributed by atoms with Crippen LogP contribution in [0.25, 0.3) is 0 Å². The van der Waals surface area contributed by atoms with E-state index >= 15 is 0 Å². The van der Waals surface area contributed by atoms with Crippen LogP contribution in [0.5, 0.6) is 0 Å². The highest BCUT2D eigenvalue weighted by atomic mass is 16.5. The Morgan fingerprint density at radius 3 is 2.76 bits per heavy atom. The van der Waals surface area contributed by atoms with E-state index in [1.54, 1.807) is 0 Å². The summed E-state index contributed by atoms with van der Waals surface area (Å²) in [6.07, 6.45) is 1.28. The normalized spacial score (nSPS) is 18.0. The predicted molar refractivity (Wildman–Crippen MR) is 76.1 cm³/mol. The van der Waals surface area contributed by atoms with Crippen LogP contribution in [0.2, 0.25) is 0 Å². The van der Waals surface area contributed by atoms with Gasteiger partial charge in [0, 0.05) is 38.2 Å². The summed E-state index contributed by atoms with van der Waals surface area (Å²) >= 11 is 0. The Kier molecular flexibility index (Phi) is 5.03. The molecule has 6 nitrogen and oxygen atoms in total. The van der Waals surface area contributed by atoms with E-state index in [9.17, 15) is 9.90 Å². The first kappa shape index (κ1) is 16.0. The van der Waals surface area contributed by atoms with Crippen molar-refractivity contribution >= 4 is 5.97 Å². The summed E-state index contributed by atoms with van der Waals surface area (Å²) in [6.45, 7) is 4.07. The summed E-state index contributed by atoms with van der Waals surface area (Å²) in [5.41, 5.74) is 0.0508. The van der Waals surface area contributed by atoms with E-state index in [1.807, 2.05) is 24.9 Å². The average Bonchev–Trinajstić information content (AvgIpc) is 2.78. The zero-order chi connectivity index (χ0) is 15.5. The van der Waals surface area contributed by atoms with Crippen molar-refractivity contribution in [3.8, 4) is 0 Å². The number of hydrogen-bond acceptors (Lipinski definition) is 6. The van der Waals surface area contributed by atoms with Crippen LogP contribution in [0.15, 0.2) is 10.5 Å². The van der Waals surface area contributed by atoms with Crippen LogP contribution in [0.4, 0.5) is 0 Å². The standard InChI is InChI=1S/C15H23NO5/c1-11-8-12(21-13(11)14(17)19-3)9-16(2)10-15(18)4-6-20-7-5-15/h8,18H,4-7,9-10H2,1-3H3. The average molecular weight is 297 g/mol. The van der Waals surface area contributed by atoms with Crippen molar-refractivity contribution in [3.05, 3.63) is 23.2 Å². The van der Waals surface area contributed by atoms with Gasteiger partial charge < -0.3 is 19.0 Å². The molecule has 0 bridgehead atoms. The number of nitrogens with zero attached hydrogens (tertiary/aromatic N) is 1. The van der Waals surface area contributed by atoms with E-state index in [4.69, 9.17) is 9.15 Å². The van der Waals surface area contributed by atoms with E-state index in [1.165, 1.54) is 7.11 Å². The number of methoxy groups -OCH3 is 1. The van der Waals surface area contributed by atoms with Crippen LogP contribution >= 0.6 is 0 Å². The lowest BCUT2D eigenvalue weighted by atomic mass is 9.94. The molecule has 1 aliphatic heterocycles. The highest BCUT2D eigenvalue weighted by Gasteiger charge is 2.31. The first-order chi connectivity index (χ1) is 9.93. The third-order valence-corrected chi connectivity index (χ3v) is 3.75. The molecule has 0 amide bonds. The highest BCUT2D eigenvalue weighted by molar-refractivity contribution is 5.87. The summed E-state index contributed by atoms with van der Waals surface area (Å²) in [6, 6.07) is 1.83. The van der Waals surface area contributed by atoms with Crippen molar-refractivity contribution < 1.29 is 23.8 Å². The van der Waals surface area contributed by atoms with Crippen LogP contribution in [-0.2, 0) is 16.0 Å². The SMILES string of the molecule is COC(=O)c1oc(CN(C)CC2(O)CCOCC2)cc1C. The van der Waals surface area contributed by atoms with E-state index in [-0.39, 0.29) is 5.76 Å². The number of ether oxygens (including phenoxy) is 2. The van der Waals surface area contributed by atoms with Gasteiger partial charge in [-0.2, -0.15) is 0 Å². The number of likely N-dealkylation sites (N-methyl/N-ethyl adjacent to an activating group) is 1. The van der Waals surface area contributed by atoms with Gasteiger partial charge in [-0.05, 0) is 20.0 Å². The van der Waals surface area contributed by atoms with Crippen LogP contribution in [0.3, 0.4) is 0 Å². The Labute approximate surface area is 124 Å². The smallest absolute Gasteiger partial charge is 0.374 e. The van der Waals surface area contributed by atoms with Crippen molar-refractivity contribution in [1.82, 2.24) is 4.90 Å². The minimum absolute atomic E-state index is 0.241. The first-order valence-corrected chi connectivity index (χ1v) is 7.10. The molecule has 1 N–H and O–H groups in total. The van der Waals surface area contributed by atoms with Gasteiger partial charge in [0.15, 0.2) is 0 Å². The molecule has 21 heavy (non-hydrogen) atoms. The van der Waals surface area contributed by atoms with E-state index < -0.39 is 11.6 Å². The first-order valence-electron chi connectivity index (χ1n) is 7.10. The summed E-state index contributed by atoms with van der Waals surface area (Å²) in [5.74, 6) is 0.459. The molecule has 1 aliphatic rings. The minimum Gasteiger partial charge on any atom is -0.463 e. The van der Waals surface area contributed by atoms with Crippen LogP contribution < -0.4 is 0 Å². The molecule has 1 saturated heterocycles. The Bertz CT molecular complexity index is 490. The van der Waals surface area contributed by atoms with E-state index in [0.29, 0.717) is 44.9 Å². The zero-order valence-electron chi connectivity index (χ0n) is 12.8. The lowest BCUT2D eigenvalue weighted by molar-refractivity contribution is -0.0782. The number of carbonyl (C=O) groups is 1. The number of esters is 1. The summed E-state index contributed by atoms with van der Waals surface area (Å²) in [4.78, 5) is 13.5. The molecular weight excluding hydrogens is 274 g/mol. The Hall–Kier alpha value is -1.37. The molecule has 0 spiro atoms. The second kappa shape index (κ2) is 6.60. The van der Waals surface area contributed by atoms with Crippen molar-refractivity contribution in [2.45, 2.75) is 31.9 Å². The number of hydrogen-bond donors (Lipinski definition) is 1. The maximum atomic E-state index is 11.5. The quantitative estimate of drug-likeness (QED) is 0.827. The summed E-state index contributed by atoms with van der Waals surface area (Å²) in [7, 11) is 3.25. The summed E-state index contributed by atoms with van der Waals surface area (Å²) in [5, 5.41) is 10.5. The molecule has 2 heterocycles. The van der Waals surface area contributed by atoms with Gasteiger partial charge in [0.25, 0.3) is 0 Å². The van der Waals surface area contributed by atoms with Crippen molar-refractivity contribution in [3.63, 3.8) is 0 Å². The van der Waals surface area contributed by atoms with Gasteiger partial charge in [-0.1, -0.05) is 0 Å². The molecule has 0 aromatic carbocycles. The Morgan fingerprint density at radius 1 is 1.48 bits per heavy atom. The van der Waals surface area contributed by atoms with E-state index in [0.717, 1.165) is 5.56 Å². The molecule has 0 aliphatic carbocycles. The molecule has 118 valence electrons. The van der Waals surface area contributed by atoms with Crippen molar-refractivity contribution in [1.29, 1.82) is 0 Å². The van der Waals surface area contributed by atoms with E-state index in [2.05, 4.69) is 4.74 Å². The Morgan fingerprint density at radius 2 is 2.14 bits per heavy atom. The number of aliphatic hydroxyl groups is 1. The van der Waals surface area contributed by atoms with Crippen LogP contribution in [0, 0.1) is 6.92 Å². The molecule has 6 heteroatoms. The molecule has 0 unspecified atom stereocenters. The topological polar surface area (TPSA) is 72.1 Å². The minimum atomic E-state index is -0.709. The maximum absolute atomic E-state index is 11.5. The fourth-order valence-corrected chi connectivity index (χ4v) is 2.66. The number of carbonyl (C=O) groups excluding carboxylic acids is 1. The predicted octanol–water partition coefficient (Wildman–Crippen LogP) is 1.35. The lowest BCUT2D eigenvalue weighted by Crippen LogP contribution is -2.45. The fraction of sp³-hybridized carbons (Fsp3) is 0.667. The van der Waals surface area contributed by atoms with Crippen LogP contribution in [-0.4, -0.2) is 55.5 Å². The number of furan rings is 1. The zero-order valence-corrected chi connectivity index (χ0v) is 12.8. The van der Waals surface area contributed by atoms with Crippen LogP contribution in [0.1, 0.15) is 34.7 Å². The Balaban J connectivity index is 1.96. The van der Waals surface area contributed by atoms with Crippen molar-refractivity contribution in [2.24, 2.45) is 0 Å². The second-order valence-corrected chi connectivity index (χ2v) is 5.73. The molecule has 2 rings (SSSR count). The van der Waals surface area contributed by atoms with Gasteiger partial charge in [0.05, 0.1) is 19.3 Å². The fourth-order valence-electron chi connectivity index (χ4n) is 2.66. The molecule has 0 radical (unpaired) electrons. The number of rotatable bonds is 5. The third-order valence-electron chi connectivity index (χ3n) is 3.75. The third kappa shape index (κ3) is 4.06. The van der Waals surface area contributed by atoms with Gasteiger partial charge in [0.2, 0.25) is 5.76 Å². The molecule has 0 atom stereocenters. The van der Waals surface area contributed by atoms with Gasteiger partial charge in [-0.25, -0.2) is 4.79 Å². The molecule has 1 fully saturated rings. The highest BCUT2D eigenvalue weighted by Crippen LogP contribution is 2.23. The molecule has 1 aromatic rings. The second-order valence-electron chi connectivity index (χ2n) is 5.73. The number of aryl methyl sites for hydroxylation is 1. The van der Waals surface area contributed by atoms with Gasteiger partial charge in [-0.15, -0.1) is 0 Å².